The summed E-state index contributed by atoms with van der Waals surface area (Å²) < 4.78 is 64.2. The summed E-state index contributed by atoms with van der Waals surface area (Å²) in [5.74, 6) is -0.567. The van der Waals surface area contributed by atoms with Crippen LogP contribution >= 0.6 is 0 Å². The van der Waals surface area contributed by atoms with Gasteiger partial charge in [-0.05, 0) is 6.92 Å². The van der Waals surface area contributed by atoms with Crippen molar-refractivity contribution in [3.8, 4) is 0 Å². The molecule has 0 spiro atoms. The van der Waals surface area contributed by atoms with Crippen LogP contribution < -0.4 is 0 Å². The molecule has 118 valence electrons. The van der Waals surface area contributed by atoms with Crippen LogP contribution in [0.1, 0.15) is 6.92 Å². The van der Waals surface area contributed by atoms with E-state index < -0.39 is 34.8 Å². The number of amides is 1. The topological polar surface area (TPSA) is 66.9 Å². The van der Waals surface area contributed by atoms with E-state index in [1.165, 1.54) is 16.1 Å². The van der Waals surface area contributed by atoms with E-state index in [2.05, 4.69) is 4.74 Å². The van der Waals surface area contributed by atoms with Crippen molar-refractivity contribution >= 4 is 15.9 Å². The third-order valence-corrected chi connectivity index (χ3v) is 4.17. The number of rotatable bonds is 4. The van der Waals surface area contributed by atoms with Crippen molar-refractivity contribution in [2.45, 2.75) is 19.2 Å². The Morgan fingerprint density at radius 2 is 1.75 bits per heavy atom. The Kier molecular flexibility index (Phi) is 5.39. The van der Waals surface area contributed by atoms with E-state index in [1.54, 1.807) is 0 Å². The first kappa shape index (κ1) is 17.2. The van der Waals surface area contributed by atoms with Gasteiger partial charge in [-0.3, -0.25) is 4.79 Å². The Bertz CT molecular complexity index is 444. The van der Waals surface area contributed by atoms with Gasteiger partial charge in [-0.2, -0.15) is 17.5 Å². The molecule has 1 aliphatic rings. The highest BCUT2D eigenvalue weighted by Crippen LogP contribution is 2.16. The number of hydrogen-bond acceptors (Lipinski definition) is 4. The number of piperazine rings is 1. The van der Waals surface area contributed by atoms with Gasteiger partial charge in [0.2, 0.25) is 10.0 Å². The Morgan fingerprint density at radius 1 is 1.25 bits per heavy atom. The smallest absolute Gasteiger partial charge is 0.359 e. The van der Waals surface area contributed by atoms with Crippen LogP contribution in [0.2, 0.25) is 0 Å². The third kappa shape index (κ3) is 5.25. The van der Waals surface area contributed by atoms with Crippen LogP contribution in [-0.4, -0.2) is 74.9 Å². The summed E-state index contributed by atoms with van der Waals surface area (Å²) in [6.45, 7) is 0.324. The number of ether oxygens (including phenoxy) is 1. The van der Waals surface area contributed by atoms with Crippen LogP contribution in [-0.2, 0) is 19.6 Å². The molecule has 1 rings (SSSR count). The van der Waals surface area contributed by atoms with E-state index in [1.807, 2.05) is 0 Å². The molecule has 1 fully saturated rings. The van der Waals surface area contributed by atoms with Gasteiger partial charge in [0.25, 0.3) is 5.91 Å². The largest absolute Gasteiger partial charge is 0.411 e. The molecule has 1 saturated heterocycles. The van der Waals surface area contributed by atoms with Crippen LogP contribution in [0.4, 0.5) is 13.2 Å². The van der Waals surface area contributed by atoms with Gasteiger partial charge < -0.3 is 9.64 Å². The lowest BCUT2D eigenvalue weighted by atomic mass is 10.3. The molecule has 10 heteroatoms. The first-order valence-corrected chi connectivity index (χ1v) is 7.78. The van der Waals surface area contributed by atoms with Crippen molar-refractivity contribution in [3.05, 3.63) is 0 Å². The van der Waals surface area contributed by atoms with Gasteiger partial charge in [-0.1, -0.05) is 0 Å². The predicted octanol–water partition coefficient (Wildman–Crippen LogP) is 0.0576. The van der Waals surface area contributed by atoms with Gasteiger partial charge in [0.05, 0.1) is 6.26 Å². The third-order valence-electron chi connectivity index (χ3n) is 2.86. The molecule has 0 N–H and O–H groups in total. The lowest BCUT2D eigenvalue weighted by molar-refractivity contribution is -0.188. The summed E-state index contributed by atoms with van der Waals surface area (Å²) in [6.07, 6.45) is -4.62. The van der Waals surface area contributed by atoms with Crippen molar-refractivity contribution in [2.24, 2.45) is 0 Å². The highest BCUT2D eigenvalue weighted by Gasteiger charge is 2.32. The summed E-state index contributed by atoms with van der Waals surface area (Å²) in [5, 5.41) is 0. The van der Waals surface area contributed by atoms with Crippen LogP contribution in [0.5, 0.6) is 0 Å². The Labute approximate surface area is 115 Å². The quantitative estimate of drug-likeness (QED) is 0.735. The number of nitrogens with zero attached hydrogens (tertiary/aromatic N) is 2. The number of carbonyl (C=O) groups is 1. The molecular formula is C10H17F3N2O4S. The monoisotopic (exact) mass is 318 g/mol. The summed E-state index contributed by atoms with van der Waals surface area (Å²) in [4.78, 5) is 13.1. The molecule has 6 nitrogen and oxygen atoms in total. The minimum Gasteiger partial charge on any atom is -0.359 e. The van der Waals surface area contributed by atoms with E-state index >= 15 is 0 Å². The standard InChI is InChI=1S/C10H17F3N2O4S/c1-8(19-7-10(11,12)13)9(16)14-3-5-15(6-4-14)20(2,17)18/h8H,3-7H2,1-2H3. The van der Waals surface area contributed by atoms with E-state index in [4.69, 9.17) is 0 Å². The SMILES string of the molecule is CC(OCC(F)(F)F)C(=O)N1CCN(S(C)(=O)=O)CC1. The normalized spacial score (nSPS) is 19.9. The predicted molar refractivity (Wildman–Crippen MR) is 64.5 cm³/mol. The molecule has 1 unspecified atom stereocenters. The molecule has 0 aliphatic carbocycles. The first-order chi connectivity index (χ1) is 9.00. The second kappa shape index (κ2) is 6.27. The van der Waals surface area contributed by atoms with Crippen molar-refractivity contribution < 1.29 is 31.1 Å². The second-order valence-electron chi connectivity index (χ2n) is 4.56. The van der Waals surface area contributed by atoms with Crippen molar-refractivity contribution in [1.82, 2.24) is 9.21 Å². The second-order valence-corrected chi connectivity index (χ2v) is 6.54. The van der Waals surface area contributed by atoms with Crippen molar-refractivity contribution in [1.29, 1.82) is 0 Å². The minimum atomic E-state index is -4.48. The summed E-state index contributed by atoms with van der Waals surface area (Å²) in [6, 6.07) is 0. The molecule has 0 radical (unpaired) electrons. The molecule has 1 atom stereocenters. The van der Waals surface area contributed by atoms with Gasteiger partial charge >= 0.3 is 6.18 Å². The average Bonchev–Trinajstić information content (AvgIpc) is 2.33. The van der Waals surface area contributed by atoms with Crippen LogP contribution in [0, 0.1) is 0 Å². The van der Waals surface area contributed by atoms with Crippen molar-refractivity contribution in [3.63, 3.8) is 0 Å². The first-order valence-electron chi connectivity index (χ1n) is 5.93. The zero-order chi connectivity index (χ0) is 15.6. The number of sulfonamides is 1. The van der Waals surface area contributed by atoms with Crippen molar-refractivity contribution in [2.75, 3.05) is 39.0 Å². The van der Waals surface area contributed by atoms with Gasteiger partial charge in [0, 0.05) is 26.2 Å². The van der Waals surface area contributed by atoms with Gasteiger partial charge in [0.15, 0.2) is 0 Å². The highest BCUT2D eigenvalue weighted by atomic mass is 32.2. The lowest BCUT2D eigenvalue weighted by Gasteiger charge is -2.34. The van der Waals surface area contributed by atoms with Gasteiger partial charge in [0.1, 0.15) is 12.7 Å². The molecule has 0 aromatic carbocycles. The average molecular weight is 318 g/mol. The Hall–Kier alpha value is -0.870. The zero-order valence-electron chi connectivity index (χ0n) is 11.2. The molecular weight excluding hydrogens is 301 g/mol. The molecule has 1 aliphatic heterocycles. The molecule has 0 aromatic heterocycles. The van der Waals surface area contributed by atoms with Crippen LogP contribution in [0.3, 0.4) is 0 Å². The number of hydrogen-bond donors (Lipinski definition) is 0. The maximum absolute atomic E-state index is 12.0. The lowest BCUT2D eigenvalue weighted by Crippen LogP contribution is -2.52. The minimum absolute atomic E-state index is 0.135. The molecule has 0 bridgehead atoms. The van der Waals surface area contributed by atoms with Gasteiger partial charge in [-0.15, -0.1) is 0 Å². The summed E-state index contributed by atoms with van der Waals surface area (Å²) >= 11 is 0. The molecule has 20 heavy (non-hydrogen) atoms. The van der Waals surface area contributed by atoms with E-state index in [0.717, 1.165) is 6.26 Å². The summed E-state index contributed by atoms with van der Waals surface area (Å²) in [5.41, 5.74) is 0. The molecule has 0 saturated carbocycles. The van der Waals surface area contributed by atoms with E-state index in [9.17, 15) is 26.4 Å². The fraction of sp³-hybridized carbons (Fsp3) is 0.900. The maximum atomic E-state index is 12.0. The van der Waals surface area contributed by atoms with E-state index in [-0.39, 0.29) is 26.2 Å². The van der Waals surface area contributed by atoms with Crippen LogP contribution in [0.25, 0.3) is 0 Å². The Balaban J connectivity index is 2.46. The number of alkyl halides is 3. The van der Waals surface area contributed by atoms with E-state index in [0.29, 0.717) is 0 Å². The fourth-order valence-electron chi connectivity index (χ4n) is 1.79. The number of carbonyl (C=O) groups excluding carboxylic acids is 1. The molecule has 1 heterocycles. The summed E-state index contributed by atoms with van der Waals surface area (Å²) in [7, 11) is -3.31. The molecule has 1 amide bonds. The number of halogens is 3. The molecule has 0 aromatic rings. The Morgan fingerprint density at radius 3 is 2.15 bits per heavy atom. The highest BCUT2D eigenvalue weighted by molar-refractivity contribution is 7.88. The fourth-order valence-corrected chi connectivity index (χ4v) is 2.61. The van der Waals surface area contributed by atoms with Gasteiger partial charge in [-0.25, -0.2) is 8.42 Å². The zero-order valence-corrected chi connectivity index (χ0v) is 12.0. The van der Waals surface area contributed by atoms with Crippen LogP contribution in [0.15, 0.2) is 0 Å². The maximum Gasteiger partial charge on any atom is 0.411 e.